The first-order valence-electron chi connectivity index (χ1n) is 8.75. The molecule has 4 rings (SSSR count). The maximum Gasteiger partial charge on any atom is 0.416 e. The van der Waals surface area contributed by atoms with Crippen molar-refractivity contribution in [2.45, 2.75) is 12.7 Å². The molecule has 0 fully saturated rings. The summed E-state index contributed by atoms with van der Waals surface area (Å²) in [6.45, 7) is 0.108. The number of carbonyl (C=O) groups is 1. The fourth-order valence-corrected chi connectivity index (χ4v) is 4.13. The van der Waals surface area contributed by atoms with Crippen LogP contribution in [-0.2, 0) is 12.7 Å². The van der Waals surface area contributed by atoms with E-state index in [9.17, 15) is 18.0 Å². The van der Waals surface area contributed by atoms with Gasteiger partial charge in [0.25, 0.3) is 5.91 Å². The summed E-state index contributed by atoms with van der Waals surface area (Å²) in [7, 11) is 0. The van der Waals surface area contributed by atoms with Crippen LogP contribution in [-0.4, -0.2) is 15.9 Å². The van der Waals surface area contributed by atoms with Gasteiger partial charge in [-0.25, -0.2) is 4.98 Å². The number of pyridine rings is 1. The van der Waals surface area contributed by atoms with Gasteiger partial charge in [-0.2, -0.15) is 13.2 Å². The molecule has 0 atom stereocenters. The number of benzene rings is 2. The Bertz CT molecular complexity index is 1210. The lowest BCUT2D eigenvalue weighted by atomic mass is 10.1. The summed E-state index contributed by atoms with van der Waals surface area (Å²) in [6.07, 6.45) is -1.35. The molecular weight excluding hydrogens is 435 g/mol. The van der Waals surface area contributed by atoms with Gasteiger partial charge in [0.15, 0.2) is 5.13 Å². The Balaban J connectivity index is 1.77. The number of amides is 1. The van der Waals surface area contributed by atoms with Crippen LogP contribution in [0, 0.1) is 0 Å². The van der Waals surface area contributed by atoms with E-state index in [-0.39, 0.29) is 12.1 Å². The predicted molar refractivity (Wildman–Crippen MR) is 111 cm³/mol. The molecule has 0 spiro atoms. The van der Waals surface area contributed by atoms with E-state index in [0.29, 0.717) is 15.7 Å². The number of aromatic nitrogens is 2. The van der Waals surface area contributed by atoms with E-state index < -0.39 is 17.6 Å². The first kappa shape index (κ1) is 20.3. The summed E-state index contributed by atoms with van der Waals surface area (Å²) in [6, 6.07) is 13.0. The largest absolute Gasteiger partial charge is 0.416 e. The number of anilines is 1. The predicted octanol–water partition coefficient (Wildman–Crippen LogP) is 6.21. The third-order valence-electron chi connectivity index (χ3n) is 4.32. The molecule has 0 aliphatic carbocycles. The Morgan fingerprint density at radius 1 is 1.10 bits per heavy atom. The molecular formula is C21H13ClF3N3OS. The van der Waals surface area contributed by atoms with Gasteiger partial charge in [-0.05, 0) is 48.0 Å². The first-order chi connectivity index (χ1) is 14.3. The summed E-state index contributed by atoms with van der Waals surface area (Å²) in [5.41, 5.74) is 0.402. The van der Waals surface area contributed by atoms with Crippen molar-refractivity contribution in [3.63, 3.8) is 0 Å². The lowest BCUT2D eigenvalue weighted by Gasteiger charge is -2.20. The molecule has 1 amide bonds. The zero-order valence-corrected chi connectivity index (χ0v) is 16.8. The van der Waals surface area contributed by atoms with Gasteiger partial charge in [0.1, 0.15) is 0 Å². The van der Waals surface area contributed by atoms with Gasteiger partial charge >= 0.3 is 6.18 Å². The van der Waals surface area contributed by atoms with Gasteiger partial charge in [0.2, 0.25) is 0 Å². The average Bonchev–Trinajstić information content (AvgIpc) is 3.14. The topological polar surface area (TPSA) is 46.1 Å². The standard InChI is InChI=1S/C21H13ClF3N3OS/c22-16-6-7-17-18(10-16)30-20(27-17)28(12-13-3-2-8-26-11-13)19(29)14-4-1-5-15(9-14)21(23,24)25/h1-11H,12H2. The SMILES string of the molecule is O=C(c1cccc(C(F)(F)F)c1)N(Cc1cccnc1)c1nc2ccc(Cl)cc2s1. The molecule has 30 heavy (non-hydrogen) atoms. The molecule has 9 heteroatoms. The summed E-state index contributed by atoms with van der Waals surface area (Å²) >= 11 is 7.28. The second-order valence-corrected chi connectivity index (χ2v) is 7.89. The highest BCUT2D eigenvalue weighted by Gasteiger charge is 2.32. The number of alkyl halides is 3. The van der Waals surface area contributed by atoms with E-state index in [1.54, 1.807) is 42.7 Å². The average molecular weight is 448 g/mol. The molecule has 152 valence electrons. The van der Waals surface area contributed by atoms with Crippen LogP contribution in [0.5, 0.6) is 0 Å². The number of rotatable bonds is 4. The van der Waals surface area contributed by atoms with Crippen LogP contribution in [0.15, 0.2) is 67.0 Å². The lowest BCUT2D eigenvalue weighted by molar-refractivity contribution is -0.137. The van der Waals surface area contributed by atoms with E-state index in [1.165, 1.54) is 28.4 Å². The molecule has 0 aliphatic heterocycles. The molecule has 4 nitrogen and oxygen atoms in total. The van der Waals surface area contributed by atoms with Gasteiger partial charge in [-0.1, -0.05) is 35.1 Å². The van der Waals surface area contributed by atoms with Crippen molar-refractivity contribution in [1.29, 1.82) is 0 Å². The number of fused-ring (bicyclic) bond motifs is 1. The van der Waals surface area contributed by atoms with Crippen molar-refractivity contribution >= 4 is 44.2 Å². The maximum atomic E-state index is 13.3. The molecule has 4 aromatic rings. The zero-order chi connectivity index (χ0) is 21.3. The molecule has 0 aliphatic rings. The lowest BCUT2D eigenvalue weighted by Crippen LogP contribution is -2.30. The fraction of sp³-hybridized carbons (Fsp3) is 0.0952. The molecule has 0 radical (unpaired) electrons. The number of nitrogens with zero attached hydrogens (tertiary/aromatic N) is 3. The monoisotopic (exact) mass is 447 g/mol. The van der Waals surface area contributed by atoms with E-state index in [0.717, 1.165) is 22.4 Å². The van der Waals surface area contributed by atoms with E-state index in [1.807, 2.05) is 0 Å². The first-order valence-corrected chi connectivity index (χ1v) is 9.95. The van der Waals surface area contributed by atoms with Crippen LogP contribution >= 0.6 is 22.9 Å². The Morgan fingerprint density at radius 2 is 1.93 bits per heavy atom. The summed E-state index contributed by atoms with van der Waals surface area (Å²) < 4.78 is 40.1. The summed E-state index contributed by atoms with van der Waals surface area (Å²) in [5, 5.41) is 0.888. The molecule has 2 heterocycles. The number of hydrogen-bond donors (Lipinski definition) is 0. The molecule has 0 N–H and O–H groups in total. The van der Waals surface area contributed by atoms with Crippen LogP contribution in [0.4, 0.5) is 18.3 Å². The molecule has 2 aromatic carbocycles. The third-order valence-corrected chi connectivity index (χ3v) is 5.59. The normalized spacial score (nSPS) is 11.6. The maximum absolute atomic E-state index is 13.3. The van der Waals surface area contributed by atoms with Gasteiger partial charge in [0, 0.05) is 23.0 Å². The van der Waals surface area contributed by atoms with Gasteiger partial charge < -0.3 is 0 Å². The highest BCUT2D eigenvalue weighted by molar-refractivity contribution is 7.22. The van der Waals surface area contributed by atoms with Crippen molar-refractivity contribution in [1.82, 2.24) is 9.97 Å². The quantitative estimate of drug-likeness (QED) is 0.373. The molecule has 0 saturated heterocycles. The number of carbonyl (C=O) groups excluding carboxylic acids is 1. The van der Waals surface area contributed by atoms with Crippen molar-refractivity contribution in [3.05, 3.63) is 88.7 Å². The van der Waals surface area contributed by atoms with Crippen molar-refractivity contribution in [2.75, 3.05) is 4.90 Å². The van der Waals surface area contributed by atoms with E-state index in [4.69, 9.17) is 11.6 Å². The highest BCUT2D eigenvalue weighted by atomic mass is 35.5. The fourth-order valence-electron chi connectivity index (χ4n) is 2.89. The Morgan fingerprint density at radius 3 is 2.67 bits per heavy atom. The van der Waals surface area contributed by atoms with Crippen LogP contribution < -0.4 is 4.90 Å². The Hall–Kier alpha value is -2.97. The zero-order valence-electron chi connectivity index (χ0n) is 15.2. The van der Waals surface area contributed by atoms with E-state index >= 15 is 0 Å². The minimum Gasteiger partial charge on any atom is -0.279 e. The molecule has 0 bridgehead atoms. The van der Waals surface area contributed by atoms with E-state index in [2.05, 4.69) is 9.97 Å². The molecule has 0 saturated carbocycles. The minimum absolute atomic E-state index is 0.0778. The number of halogens is 4. The number of thiazole rings is 1. The second-order valence-electron chi connectivity index (χ2n) is 6.44. The van der Waals surface area contributed by atoms with Crippen LogP contribution in [0.3, 0.4) is 0 Å². The van der Waals surface area contributed by atoms with Crippen LogP contribution in [0.2, 0.25) is 5.02 Å². The molecule has 0 unspecified atom stereocenters. The van der Waals surface area contributed by atoms with Gasteiger partial charge in [-0.15, -0.1) is 0 Å². The van der Waals surface area contributed by atoms with Crippen LogP contribution in [0.1, 0.15) is 21.5 Å². The smallest absolute Gasteiger partial charge is 0.279 e. The van der Waals surface area contributed by atoms with Crippen molar-refractivity contribution in [2.24, 2.45) is 0 Å². The highest BCUT2D eigenvalue weighted by Crippen LogP contribution is 2.34. The van der Waals surface area contributed by atoms with Crippen molar-refractivity contribution in [3.8, 4) is 0 Å². The summed E-state index contributed by atoms with van der Waals surface area (Å²) in [4.78, 5) is 23.1. The van der Waals surface area contributed by atoms with Crippen molar-refractivity contribution < 1.29 is 18.0 Å². The second kappa shape index (κ2) is 8.04. The third kappa shape index (κ3) is 4.29. The minimum atomic E-state index is -4.54. The van der Waals surface area contributed by atoms with Crippen LogP contribution in [0.25, 0.3) is 10.2 Å². The molecule has 2 aromatic heterocycles. The summed E-state index contributed by atoms with van der Waals surface area (Å²) in [5.74, 6) is -0.588. The number of hydrogen-bond acceptors (Lipinski definition) is 4. The van der Waals surface area contributed by atoms with Gasteiger partial charge in [-0.3, -0.25) is 14.7 Å². The van der Waals surface area contributed by atoms with Gasteiger partial charge in [0.05, 0.1) is 22.3 Å². The Kier molecular flexibility index (Phi) is 5.44. The Labute approximate surface area is 178 Å².